The Morgan fingerprint density at radius 3 is 2.63 bits per heavy atom. The molecule has 138 valence electrons. The van der Waals surface area contributed by atoms with Crippen molar-refractivity contribution in [2.75, 3.05) is 0 Å². The maximum absolute atomic E-state index is 12.6. The molecular formula is C18H17N5O4. The van der Waals surface area contributed by atoms with Crippen LogP contribution in [0, 0.1) is 16.0 Å². The molecule has 1 amide bonds. The van der Waals surface area contributed by atoms with Gasteiger partial charge in [-0.15, -0.1) is 0 Å². The number of rotatable bonds is 6. The topological polar surface area (TPSA) is 124 Å². The summed E-state index contributed by atoms with van der Waals surface area (Å²) in [6.45, 7) is 3.80. The fourth-order valence-corrected chi connectivity index (χ4v) is 2.48. The molecule has 0 aliphatic carbocycles. The van der Waals surface area contributed by atoms with Gasteiger partial charge in [0.25, 0.3) is 11.6 Å². The fraction of sp³-hybridized carbons (Fsp3) is 0.222. The van der Waals surface area contributed by atoms with Crippen molar-refractivity contribution >= 4 is 11.6 Å². The Bertz CT molecular complexity index is 955. The van der Waals surface area contributed by atoms with E-state index in [0.29, 0.717) is 5.82 Å². The van der Waals surface area contributed by atoms with Gasteiger partial charge in [0, 0.05) is 35.7 Å². The lowest BCUT2D eigenvalue weighted by molar-refractivity contribution is -0.384. The van der Waals surface area contributed by atoms with Crippen LogP contribution in [0.5, 0.6) is 0 Å². The first-order chi connectivity index (χ1) is 13.0. The molecule has 2 aromatic heterocycles. The van der Waals surface area contributed by atoms with Crippen LogP contribution in [0.1, 0.15) is 36.1 Å². The lowest BCUT2D eigenvalue weighted by atomic mass is 10.0. The number of hydrogen-bond donors (Lipinski definition) is 1. The first-order valence-electron chi connectivity index (χ1n) is 8.25. The molecule has 0 spiro atoms. The smallest absolute Gasteiger partial charge is 0.270 e. The number of non-ortho nitro benzene ring substituents is 1. The largest absolute Gasteiger partial charge is 0.340 e. The van der Waals surface area contributed by atoms with Crippen LogP contribution < -0.4 is 5.32 Å². The first kappa shape index (κ1) is 18.2. The van der Waals surface area contributed by atoms with Crippen LogP contribution in [-0.4, -0.2) is 26.0 Å². The summed E-state index contributed by atoms with van der Waals surface area (Å²) in [5.74, 6) is 0.151. The molecule has 3 aromatic rings. The summed E-state index contributed by atoms with van der Waals surface area (Å²) in [5.41, 5.74) is 0.776. The molecule has 9 nitrogen and oxygen atoms in total. The minimum Gasteiger partial charge on any atom is -0.340 e. The van der Waals surface area contributed by atoms with E-state index >= 15 is 0 Å². The summed E-state index contributed by atoms with van der Waals surface area (Å²) in [6.07, 6.45) is 3.24. The van der Waals surface area contributed by atoms with E-state index in [2.05, 4.69) is 20.4 Å². The van der Waals surface area contributed by atoms with Gasteiger partial charge in [-0.2, -0.15) is 4.98 Å². The molecule has 9 heteroatoms. The van der Waals surface area contributed by atoms with E-state index in [9.17, 15) is 14.9 Å². The second kappa shape index (κ2) is 7.73. The molecule has 1 aromatic carbocycles. The summed E-state index contributed by atoms with van der Waals surface area (Å²) in [6, 6.07) is 8.49. The molecule has 27 heavy (non-hydrogen) atoms. The highest BCUT2D eigenvalue weighted by atomic mass is 16.6. The molecule has 2 heterocycles. The molecule has 0 fully saturated rings. The van der Waals surface area contributed by atoms with Crippen molar-refractivity contribution in [3.63, 3.8) is 0 Å². The predicted octanol–water partition coefficient (Wildman–Crippen LogP) is 3.17. The zero-order chi connectivity index (χ0) is 19.4. The number of hydrogen-bond acceptors (Lipinski definition) is 7. The standard InChI is InChI=1S/C18H17N5O4/c1-11(2)15(18-21-16(22-27-18)12-6-8-19-9-7-12)20-17(24)13-4-3-5-14(10-13)23(25)26/h3-11,15H,1-2H3,(H,20,24). The first-order valence-corrected chi connectivity index (χ1v) is 8.25. The summed E-state index contributed by atoms with van der Waals surface area (Å²) in [4.78, 5) is 31.2. The molecule has 0 saturated carbocycles. The van der Waals surface area contributed by atoms with Gasteiger partial charge in [0.2, 0.25) is 11.7 Å². The highest BCUT2D eigenvalue weighted by Gasteiger charge is 2.26. The van der Waals surface area contributed by atoms with Gasteiger partial charge in [0.15, 0.2) is 0 Å². The number of carbonyl (C=O) groups is 1. The van der Waals surface area contributed by atoms with Crippen molar-refractivity contribution in [3.8, 4) is 11.4 Å². The molecule has 1 unspecified atom stereocenters. The third kappa shape index (κ3) is 4.14. The molecule has 1 atom stereocenters. The molecule has 0 saturated heterocycles. The second-order valence-electron chi connectivity index (χ2n) is 6.19. The summed E-state index contributed by atoms with van der Waals surface area (Å²) < 4.78 is 5.34. The quantitative estimate of drug-likeness (QED) is 0.524. The van der Waals surface area contributed by atoms with Gasteiger partial charge in [-0.25, -0.2) is 0 Å². The predicted molar refractivity (Wildman–Crippen MR) is 95.7 cm³/mol. The number of nitro benzene ring substituents is 1. The van der Waals surface area contributed by atoms with Crippen LogP contribution in [0.25, 0.3) is 11.4 Å². The number of pyridine rings is 1. The molecule has 0 aliphatic rings. The molecule has 0 radical (unpaired) electrons. The zero-order valence-corrected chi connectivity index (χ0v) is 14.7. The van der Waals surface area contributed by atoms with Crippen LogP contribution >= 0.6 is 0 Å². The molecule has 0 aliphatic heterocycles. The Balaban J connectivity index is 1.82. The Labute approximate surface area is 154 Å². The van der Waals surface area contributed by atoms with Crippen LogP contribution in [0.15, 0.2) is 53.3 Å². The van der Waals surface area contributed by atoms with Crippen molar-refractivity contribution in [1.29, 1.82) is 0 Å². The SMILES string of the molecule is CC(C)C(NC(=O)c1cccc([N+](=O)[O-])c1)c1nc(-c2ccncc2)no1. The van der Waals surface area contributed by atoms with Gasteiger partial charge in [0.05, 0.1) is 4.92 Å². The summed E-state index contributed by atoms with van der Waals surface area (Å²) in [7, 11) is 0. The molecule has 3 rings (SSSR count). The Hall–Kier alpha value is -3.62. The van der Waals surface area contributed by atoms with Crippen LogP contribution in [-0.2, 0) is 0 Å². The van der Waals surface area contributed by atoms with Crippen molar-refractivity contribution in [2.45, 2.75) is 19.9 Å². The van der Waals surface area contributed by atoms with Crippen molar-refractivity contribution < 1.29 is 14.2 Å². The molecule has 0 bridgehead atoms. The number of aromatic nitrogens is 3. The van der Waals surface area contributed by atoms with Gasteiger partial charge in [-0.05, 0) is 24.1 Å². The summed E-state index contributed by atoms with van der Waals surface area (Å²) in [5, 5.41) is 17.7. The van der Waals surface area contributed by atoms with Crippen molar-refractivity contribution in [2.24, 2.45) is 5.92 Å². The lowest BCUT2D eigenvalue weighted by Gasteiger charge is -2.18. The number of amides is 1. The number of nitrogens with one attached hydrogen (secondary N) is 1. The maximum atomic E-state index is 12.6. The Morgan fingerprint density at radius 2 is 1.96 bits per heavy atom. The zero-order valence-electron chi connectivity index (χ0n) is 14.7. The number of carbonyl (C=O) groups excluding carboxylic acids is 1. The second-order valence-corrected chi connectivity index (χ2v) is 6.19. The third-order valence-electron chi connectivity index (χ3n) is 3.92. The van der Waals surface area contributed by atoms with E-state index in [1.807, 2.05) is 13.8 Å². The van der Waals surface area contributed by atoms with E-state index in [4.69, 9.17) is 4.52 Å². The van der Waals surface area contributed by atoms with E-state index in [1.54, 1.807) is 24.5 Å². The average molecular weight is 367 g/mol. The maximum Gasteiger partial charge on any atom is 0.270 e. The fourth-order valence-electron chi connectivity index (χ4n) is 2.48. The van der Waals surface area contributed by atoms with Gasteiger partial charge >= 0.3 is 0 Å². The minimum absolute atomic E-state index is 0.0432. The highest BCUT2D eigenvalue weighted by molar-refractivity contribution is 5.95. The third-order valence-corrected chi connectivity index (χ3v) is 3.92. The highest BCUT2D eigenvalue weighted by Crippen LogP contribution is 2.24. The Morgan fingerprint density at radius 1 is 1.22 bits per heavy atom. The number of nitrogens with zero attached hydrogens (tertiary/aromatic N) is 4. The molecular weight excluding hydrogens is 350 g/mol. The molecule has 1 N–H and O–H groups in total. The number of nitro groups is 1. The number of benzene rings is 1. The van der Waals surface area contributed by atoms with E-state index in [1.165, 1.54) is 24.3 Å². The van der Waals surface area contributed by atoms with Gasteiger partial charge in [0.1, 0.15) is 6.04 Å². The van der Waals surface area contributed by atoms with Crippen LogP contribution in [0.2, 0.25) is 0 Å². The van der Waals surface area contributed by atoms with Crippen LogP contribution in [0.4, 0.5) is 5.69 Å². The Kier molecular flexibility index (Phi) is 5.20. The average Bonchev–Trinajstić information content (AvgIpc) is 3.16. The normalized spacial score (nSPS) is 12.0. The van der Waals surface area contributed by atoms with Crippen molar-refractivity contribution in [3.05, 3.63) is 70.4 Å². The minimum atomic E-state index is -0.546. The van der Waals surface area contributed by atoms with Gasteiger partial charge < -0.3 is 9.84 Å². The van der Waals surface area contributed by atoms with E-state index < -0.39 is 16.9 Å². The van der Waals surface area contributed by atoms with Gasteiger partial charge in [-0.3, -0.25) is 19.9 Å². The lowest BCUT2D eigenvalue weighted by Crippen LogP contribution is -2.32. The van der Waals surface area contributed by atoms with E-state index in [0.717, 1.165) is 5.56 Å². The summed E-state index contributed by atoms with van der Waals surface area (Å²) >= 11 is 0. The van der Waals surface area contributed by atoms with Crippen LogP contribution in [0.3, 0.4) is 0 Å². The van der Waals surface area contributed by atoms with E-state index in [-0.39, 0.29) is 23.1 Å². The van der Waals surface area contributed by atoms with Crippen molar-refractivity contribution in [1.82, 2.24) is 20.4 Å². The van der Waals surface area contributed by atoms with Gasteiger partial charge in [-0.1, -0.05) is 25.1 Å². The monoisotopic (exact) mass is 367 g/mol.